The van der Waals surface area contributed by atoms with Gasteiger partial charge in [0.25, 0.3) is 0 Å². The molecule has 82 valence electrons. The van der Waals surface area contributed by atoms with Gasteiger partial charge in [0.15, 0.2) is 0 Å². The maximum Gasteiger partial charge on any atom is 0.221 e. The van der Waals surface area contributed by atoms with Crippen LogP contribution in [0.5, 0.6) is 0 Å². The van der Waals surface area contributed by atoms with Gasteiger partial charge in [-0.3, -0.25) is 4.79 Å². The Kier molecular flexibility index (Phi) is 4.90. The third-order valence-corrected chi connectivity index (χ3v) is 2.73. The first-order valence-electron chi connectivity index (χ1n) is 5.32. The minimum atomic E-state index is 0.112. The molecule has 0 bridgehead atoms. The van der Waals surface area contributed by atoms with E-state index in [2.05, 4.69) is 22.6 Å². The largest absolute Gasteiger partial charge is 0.359 e. The van der Waals surface area contributed by atoms with E-state index in [9.17, 15) is 4.79 Å². The number of rotatable bonds is 5. The van der Waals surface area contributed by atoms with Gasteiger partial charge in [0.1, 0.15) is 0 Å². The van der Waals surface area contributed by atoms with Gasteiger partial charge in [0.05, 0.1) is 0 Å². The highest BCUT2D eigenvalue weighted by atomic mass is 16.1. The molecule has 0 saturated carbocycles. The van der Waals surface area contributed by atoms with Crippen LogP contribution in [0.15, 0.2) is 0 Å². The van der Waals surface area contributed by atoms with Crippen molar-refractivity contribution >= 4 is 5.91 Å². The van der Waals surface area contributed by atoms with Gasteiger partial charge >= 0.3 is 0 Å². The maximum absolute atomic E-state index is 10.9. The van der Waals surface area contributed by atoms with E-state index in [1.807, 2.05) is 0 Å². The summed E-state index contributed by atoms with van der Waals surface area (Å²) in [5, 5.41) is 5.94. The summed E-state index contributed by atoms with van der Waals surface area (Å²) >= 11 is 0. The molecule has 4 nitrogen and oxygen atoms in total. The molecule has 4 heteroatoms. The summed E-state index contributed by atoms with van der Waals surface area (Å²) in [7, 11) is 3.83. The highest BCUT2D eigenvalue weighted by Gasteiger charge is 2.18. The molecule has 1 saturated heterocycles. The molecular formula is C10H21N3O. The van der Waals surface area contributed by atoms with Gasteiger partial charge in [-0.25, -0.2) is 0 Å². The summed E-state index contributed by atoms with van der Waals surface area (Å²) in [6.45, 7) is 4.23. The molecule has 0 aromatic carbocycles. The summed E-state index contributed by atoms with van der Waals surface area (Å²) in [4.78, 5) is 13.3. The number of carbonyl (C=O) groups is 1. The zero-order chi connectivity index (χ0) is 10.4. The monoisotopic (exact) mass is 199 g/mol. The lowest BCUT2D eigenvalue weighted by Crippen LogP contribution is -2.29. The van der Waals surface area contributed by atoms with Crippen LogP contribution >= 0.6 is 0 Å². The van der Waals surface area contributed by atoms with E-state index >= 15 is 0 Å². The molecule has 14 heavy (non-hydrogen) atoms. The molecule has 0 aliphatic carbocycles. The second-order valence-corrected chi connectivity index (χ2v) is 4.04. The summed E-state index contributed by atoms with van der Waals surface area (Å²) < 4.78 is 0. The number of nitrogens with zero attached hydrogens (tertiary/aromatic N) is 1. The highest BCUT2D eigenvalue weighted by molar-refractivity contribution is 5.75. The van der Waals surface area contributed by atoms with Gasteiger partial charge < -0.3 is 15.5 Å². The van der Waals surface area contributed by atoms with E-state index in [1.54, 1.807) is 7.05 Å². The van der Waals surface area contributed by atoms with Crippen molar-refractivity contribution in [2.24, 2.45) is 5.92 Å². The Bertz CT molecular complexity index is 184. The molecule has 1 heterocycles. The topological polar surface area (TPSA) is 44.4 Å². The fraction of sp³-hybridized carbons (Fsp3) is 0.900. The van der Waals surface area contributed by atoms with Crippen molar-refractivity contribution in [3.8, 4) is 0 Å². The molecular weight excluding hydrogens is 178 g/mol. The quantitative estimate of drug-likeness (QED) is 0.596. The van der Waals surface area contributed by atoms with Crippen LogP contribution in [0.3, 0.4) is 0 Å². The Morgan fingerprint density at radius 3 is 2.93 bits per heavy atom. The van der Waals surface area contributed by atoms with Crippen molar-refractivity contribution in [1.29, 1.82) is 0 Å². The van der Waals surface area contributed by atoms with Crippen LogP contribution in [0, 0.1) is 5.92 Å². The van der Waals surface area contributed by atoms with E-state index < -0.39 is 0 Å². The van der Waals surface area contributed by atoms with Crippen molar-refractivity contribution in [2.75, 3.05) is 40.3 Å². The lowest BCUT2D eigenvalue weighted by atomic mass is 10.1. The van der Waals surface area contributed by atoms with Crippen LogP contribution in [-0.4, -0.2) is 51.1 Å². The number of hydrogen-bond acceptors (Lipinski definition) is 3. The van der Waals surface area contributed by atoms with E-state index in [1.165, 1.54) is 19.5 Å². The Balaban J connectivity index is 1.96. The average molecular weight is 199 g/mol. The molecule has 0 aromatic rings. The summed E-state index contributed by atoms with van der Waals surface area (Å²) in [5.41, 5.74) is 0. The van der Waals surface area contributed by atoms with E-state index in [-0.39, 0.29) is 5.91 Å². The number of amides is 1. The SMILES string of the molecule is CNC(=O)CCNCC1CCN(C)C1. The van der Waals surface area contributed by atoms with Crippen molar-refractivity contribution in [2.45, 2.75) is 12.8 Å². The standard InChI is InChI=1S/C10H21N3O/c1-11-10(14)3-5-12-7-9-4-6-13(2)8-9/h9,12H,3-8H2,1-2H3,(H,11,14). The van der Waals surface area contributed by atoms with Crippen LogP contribution in [0.2, 0.25) is 0 Å². The number of likely N-dealkylation sites (tertiary alicyclic amines) is 1. The number of nitrogens with one attached hydrogen (secondary N) is 2. The molecule has 1 amide bonds. The van der Waals surface area contributed by atoms with Gasteiger partial charge in [-0.1, -0.05) is 0 Å². The second kappa shape index (κ2) is 5.98. The van der Waals surface area contributed by atoms with Crippen molar-refractivity contribution < 1.29 is 4.79 Å². The third-order valence-electron chi connectivity index (χ3n) is 2.73. The molecule has 0 spiro atoms. The first-order valence-corrected chi connectivity index (χ1v) is 5.32. The molecule has 1 rings (SSSR count). The van der Waals surface area contributed by atoms with Crippen LogP contribution in [0.25, 0.3) is 0 Å². The Labute approximate surface area is 86.0 Å². The molecule has 1 aliphatic heterocycles. The van der Waals surface area contributed by atoms with Crippen LogP contribution in [-0.2, 0) is 4.79 Å². The molecule has 1 unspecified atom stereocenters. The van der Waals surface area contributed by atoms with E-state index in [0.717, 1.165) is 19.0 Å². The van der Waals surface area contributed by atoms with Crippen molar-refractivity contribution in [3.05, 3.63) is 0 Å². The summed E-state index contributed by atoms with van der Waals surface area (Å²) in [5.74, 6) is 0.880. The minimum absolute atomic E-state index is 0.112. The summed E-state index contributed by atoms with van der Waals surface area (Å²) in [6, 6.07) is 0. The Hall–Kier alpha value is -0.610. The molecule has 1 fully saturated rings. The van der Waals surface area contributed by atoms with Crippen LogP contribution in [0.4, 0.5) is 0 Å². The van der Waals surface area contributed by atoms with E-state index in [4.69, 9.17) is 0 Å². The fourth-order valence-corrected chi connectivity index (χ4v) is 1.83. The van der Waals surface area contributed by atoms with Crippen molar-refractivity contribution in [3.63, 3.8) is 0 Å². The van der Waals surface area contributed by atoms with Gasteiger partial charge in [-0.05, 0) is 32.5 Å². The van der Waals surface area contributed by atoms with E-state index in [0.29, 0.717) is 6.42 Å². The van der Waals surface area contributed by atoms with Crippen LogP contribution < -0.4 is 10.6 Å². The first kappa shape index (κ1) is 11.5. The van der Waals surface area contributed by atoms with Crippen molar-refractivity contribution in [1.82, 2.24) is 15.5 Å². The van der Waals surface area contributed by atoms with Gasteiger partial charge in [0, 0.05) is 26.6 Å². The normalized spacial score (nSPS) is 22.6. The van der Waals surface area contributed by atoms with Crippen LogP contribution in [0.1, 0.15) is 12.8 Å². The number of hydrogen-bond donors (Lipinski definition) is 2. The smallest absolute Gasteiger partial charge is 0.221 e. The predicted molar refractivity (Wildman–Crippen MR) is 57.2 cm³/mol. The lowest BCUT2D eigenvalue weighted by Gasteiger charge is -2.11. The Morgan fingerprint density at radius 2 is 2.36 bits per heavy atom. The number of carbonyl (C=O) groups excluding carboxylic acids is 1. The molecule has 1 atom stereocenters. The molecule has 0 radical (unpaired) electrons. The van der Waals surface area contributed by atoms with Gasteiger partial charge in [-0.2, -0.15) is 0 Å². The Morgan fingerprint density at radius 1 is 1.57 bits per heavy atom. The maximum atomic E-state index is 10.9. The highest BCUT2D eigenvalue weighted by Crippen LogP contribution is 2.12. The second-order valence-electron chi connectivity index (χ2n) is 4.04. The fourth-order valence-electron chi connectivity index (χ4n) is 1.83. The van der Waals surface area contributed by atoms with Gasteiger partial charge in [0.2, 0.25) is 5.91 Å². The molecule has 0 aromatic heterocycles. The zero-order valence-corrected chi connectivity index (χ0v) is 9.18. The average Bonchev–Trinajstić information content (AvgIpc) is 2.58. The van der Waals surface area contributed by atoms with Gasteiger partial charge in [-0.15, -0.1) is 0 Å². The summed E-state index contributed by atoms with van der Waals surface area (Å²) in [6.07, 6.45) is 1.86. The molecule has 2 N–H and O–H groups in total. The third kappa shape index (κ3) is 4.07. The predicted octanol–water partition coefficient (Wildman–Crippen LogP) is -0.336. The lowest BCUT2D eigenvalue weighted by molar-refractivity contribution is -0.120. The zero-order valence-electron chi connectivity index (χ0n) is 9.18. The molecule has 1 aliphatic rings. The minimum Gasteiger partial charge on any atom is -0.359 e. The first-order chi connectivity index (χ1) is 6.72.